The molecule has 6 nitrogen and oxygen atoms in total. The molecule has 2 aromatic heterocycles. The standard InChI is InChI=1S/C28H23NO5/c1-17(30)33-16-15-20-19-11-5-7-13-22(19)29-26(20)24(18-9-3-2-4-10-18)25-27(31)21-12-6-8-14-23(21)34-28(25)32/h2-14,24,29,31H,15-16H2,1H3. The predicted molar refractivity (Wildman–Crippen MR) is 130 cm³/mol. The van der Waals surface area contributed by atoms with Crippen molar-refractivity contribution in [1.29, 1.82) is 0 Å². The molecule has 3 aromatic carbocycles. The highest BCUT2D eigenvalue weighted by atomic mass is 16.5. The van der Waals surface area contributed by atoms with Crippen LogP contribution in [0.5, 0.6) is 5.75 Å². The van der Waals surface area contributed by atoms with Crippen LogP contribution >= 0.6 is 0 Å². The van der Waals surface area contributed by atoms with Crippen LogP contribution in [-0.2, 0) is 16.0 Å². The molecular formula is C28H23NO5. The number of ether oxygens (including phenoxy) is 1. The molecule has 0 spiro atoms. The monoisotopic (exact) mass is 453 g/mol. The van der Waals surface area contributed by atoms with Gasteiger partial charge in [-0.25, -0.2) is 4.79 Å². The molecule has 0 bridgehead atoms. The van der Waals surface area contributed by atoms with Gasteiger partial charge < -0.3 is 19.2 Å². The number of esters is 1. The number of aromatic nitrogens is 1. The average molecular weight is 453 g/mol. The summed E-state index contributed by atoms with van der Waals surface area (Å²) in [6.07, 6.45) is 0.446. The van der Waals surface area contributed by atoms with Gasteiger partial charge in [0.15, 0.2) is 0 Å². The van der Waals surface area contributed by atoms with E-state index in [0.29, 0.717) is 17.4 Å². The minimum Gasteiger partial charge on any atom is -0.507 e. The molecule has 0 saturated carbocycles. The molecule has 0 aliphatic rings. The zero-order valence-corrected chi connectivity index (χ0v) is 18.6. The highest BCUT2D eigenvalue weighted by Gasteiger charge is 2.30. The van der Waals surface area contributed by atoms with E-state index in [2.05, 4.69) is 4.98 Å². The van der Waals surface area contributed by atoms with Gasteiger partial charge in [0.05, 0.1) is 23.5 Å². The van der Waals surface area contributed by atoms with Crippen molar-refractivity contribution in [2.45, 2.75) is 19.3 Å². The minimum atomic E-state index is -0.623. The molecular weight excluding hydrogens is 430 g/mol. The molecule has 2 heterocycles. The molecule has 170 valence electrons. The van der Waals surface area contributed by atoms with Crippen LogP contribution < -0.4 is 5.63 Å². The Hall–Kier alpha value is -4.32. The molecule has 0 radical (unpaired) electrons. The molecule has 0 saturated heterocycles. The summed E-state index contributed by atoms with van der Waals surface area (Å²) in [6.45, 7) is 1.57. The first-order valence-corrected chi connectivity index (χ1v) is 11.1. The quantitative estimate of drug-likeness (QED) is 0.270. The number of rotatable bonds is 6. The van der Waals surface area contributed by atoms with Crippen molar-refractivity contribution in [1.82, 2.24) is 4.98 Å². The molecule has 2 N–H and O–H groups in total. The molecule has 0 aliphatic heterocycles. The van der Waals surface area contributed by atoms with E-state index >= 15 is 0 Å². The van der Waals surface area contributed by atoms with E-state index < -0.39 is 11.5 Å². The van der Waals surface area contributed by atoms with Gasteiger partial charge in [0.1, 0.15) is 11.3 Å². The zero-order chi connectivity index (χ0) is 23.7. The van der Waals surface area contributed by atoms with Gasteiger partial charge in [0, 0.05) is 29.9 Å². The Bertz CT molecular complexity index is 1550. The summed E-state index contributed by atoms with van der Waals surface area (Å²) in [5, 5.41) is 12.7. The number of benzene rings is 3. The second kappa shape index (κ2) is 8.90. The lowest BCUT2D eigenvalue weighted by Gasteiger charge is -2.20. The number of aromatic hydroxyl groups is 1. The number of carbonyl (C=O) groups is 1. The van der Waals surface area contributed by atoms with Gasteiger partial charge >= 0.3 is 11.6 Å². The van der Waals surface area contributed by atoms with Crippen LogP contribution in [0, 0.1) is 0 Å². The van der Waals surface area contributed by atoms with Crippen molar-refractivity contribution < 1.29 is 19.1 Å². The smallest absolute Gasteiger partial charge is 0.344 e. The normalized spacial score (nSPS) is 12.1. The summed E-state index contributed by atoms with van der Waals surface area (Å²) in [5.74, 6) is -1.08. The van der Waals surface area contributed by atoms with Crippen molar-refractivity contribution in [3.05, 3.63) is 112 Å². The Labute approximate surface area is 195 Å². The van der Waals surface area contributed by atoms with Crippen molar-refractivity contribution in [2.24, 2.45) is 0 Å². The molecule has 1 unspecified atom stereocenters. The number of hydrogen-bond acceptors (Lipinski definition) is 5. The number of carbonyl (C=O) groups excluding carboxylic acids is 1. The summed E-state index contributed by atoms with van der Waals surface area (Å²) in [7, 11) is 0. The number of nitrogens with one attached hydrogen (secondary N) is 1. The largest absolute Gasteiger partial charge is 0.507 e. The van der Waals surface area contributed by atoms with Gasteiger partial charge in [0.25, 0.3) is 0 Å². The molecule has 0 fully saturated rings. The molecule has 34 heavy (non-hydrogen) atoms. The van der Waals surface area contributed by atoms with E-state index in [1.165, 1.54) is 6.92 Å². The molecule has 5 rings (SSSR count). The van der Waals surface area contributed by atoms with Crippen LogP contribution in [0.2, 0.25) is 0 Å². The Kier molecular flexibility index (Phi) is 5.64. The fourth-order valence-electron chi connectivity index (χ4n) is 4.56. The van der Waals surface area contributed by atoms with Gasteiger partial charge in [0.2, 0.25) is 0 Å². The molecule has 5 aromatic rings. The van der Waals surface area contributed by atoms with Crippen LogP contribution in [0.15, 0.2) is 88.1 Å². The Morgan fingerprint density at radius 1 is 0.971 bits per heavy atom. The van der Waals surface area contributed by atoms with E-state index in [9.17, 15) is 14.7 Å². The van der Waals surface area contributed by atoms with Crippen molar-refractivity contribution in [2.75, 3.05) is 6.61 Å². The highest BCUT2D eigenvalue weighted by Crippen LogP contribution is 2.40. The predicted octanol–water partition coefficient (Wildman–Crippen LogP) is 5.27. The number of hydrogen-bond donors (Lipinski definition) is 2. The zero-order valence-electron chi connectivity index (χ0n) is 18.6. The van der Waals surface area contributed by atoms with Crippen molar-refractivity contribution >= 4 is 27.8 Å². The number of fused-ring (bicyclic) bond motifs is 2. The fraction of sp³-hybridized carbons (Fsp3) is 0.143. The first kappa shape index (κ1) is 21.5. The van der Waals surface area contributed by atoms with Gasteiger partial charge in [-0.1, -0.05) is 60.7 Å². The summed E-state index contributed by atoms with van der Waals surface area (Å²) in [6, 6.07) is 24.3. The lowest BCUT2D eigenvalue weighted by atomic mass is 9.85. The lowest BCUT2D eigenvalue weighted by Crippen LogP contribution is -2.17. The van der Waals surface area contributed by atoms with Crippen LogP contribution in [0.3, 0.4) is 0 Å². The van der Waals surface area contributed by atoms with Gasteiger partial charge in [-0.05, 0) is 29.3 Å². The average Bonchev–Trinajstić information content (AvgIpc) is 3.20. The lowest BCUT2D eigenvalue weighted by molar-refractivity contribution is -0.140. The van der Waals surface area contributed by atoms with Crippen molar-refractivity contribution in [3.63, 3.8) is 0 Å². The summed E-state index contributed by atoms with van der Waals surface area (Å²) in [5.41, 5.74) is 3.25. The SMILES string of the molecule is CC(=O)OCCc1c(C(c2ccccc2)c2c(O)c3ccccc3oc2=O)[nH]c2ccccc12. The number of para-hydroxylation sites is 2. The third-order valence-corrected chi connectivity index (χ3v) is 6.03. The Morgan fingerprint density at radius 2 is 1.65 bits per heavy atom. The highest BCUT2D eigenvalue weighted by molar-refractivity contribution is 5.87. The van der Waals surface area contributed by atoms with E-state index in [-0.39, 0.29) is 23.9 Å². The van der Waals surface area contributed by atoms with E-state index in [1.807, 2.05) is 54.6 Å². The summed E-state index contributed by atoms with van der Waals surface area (Å²) < 4.78 is 10.9. The van der Waals surface area contributed by atoms with Gasteiger partial charge in [-0.2, -0.15) is 0 Å². The van der Waals surface area contributed by atoms with E-state index in [0.717, 1.165) is 27.7 Å². The third kappa shape index (κ3) is 3.83. The Balaban J connectivity index is 1.79. The maximum atomic E-state index is 13.3. The van der Waals surface area contributed by atoms with Crippen molar-refractivity contribution in [3.8, 4) is 5.75 Å². The van der Waals surface area contributed by atoms with Gasteiger partial charge in [-0.3, -0.25) is 4.79 Å². The Morgan fingerprint density at radius 3 is 2.41 bits per heavy atom. The third-order valence-electron chi connectivity index (χ3n) is 6.03. The number of aromatic amines is 1. The summed E-state index contributed by atoms with van der Waals surface area (Å²) >= 11 is 0. The minimum absolute atomic E-state index is 0.106. The van der Waals surface area contributed by atoms with Gasteiger partial charge in [-0.15, -0.1) is 0 Å². The fourth-order valence-corrected chi connectivity index (χ4v) is 4.56. The topological polar surface area (TPSA) is 92.5 Å². The molecule has 6 heteroatoms. The van der Waals surface area contributed by atoms with Crippen LogP contribution in [0.4, 0.5) is 0 Å². The van der Waals surface area contributed by atoms with E-state index in [4.69, 9.17) is 9.15 Å². The first-order valence-electron chi connectivity index (χ1n) is 11.1. The van der Waals surface area contributed by atoms with Crippen LogP contribution in [-0.4, -0.2) is 22.7 Å². The molecule has 1 atom stereocenters. The maximum absolute atomic E-state index is 13.3. The van der Waals surface area contributed by atoms with Crippen LogP contribution in [0.1, 0.15) is 35.2 Å². The maximum Gasteiger partial charge on any atom is 0.344 e. The van der Waals surface area contributed by atoms with E-state index in [1.54, 1.807) is 24.3 Å². The molecule has 0 aliphatic carbocycles. The first-order chi connectivity index (χ1) is 16.5. The summed E-state index contributed by atoms with van der Waals surface area (Å²) in [4.78, 5) is 28.1. The van der Waals surface area contributed by atoms with Crippen LogP contribution in [0.25, 0.3) is 21.9 Å². The second-order valence-electron chi connectivity index (χ2n) is 8.14. The number of H-pyrrole nitrogens is 1. The molecule has 0 amide bonds. The second-order valence-corrected chi connectivity index (χ2v) is 8.14.